The highest BCUT2D eigenvalue weighted by Gasteiger charge is 2.52. The van der Waals surface area contributed by atoms with Crippen molar-refractivity contribution in [2.24, 2.45) is 0 Å². The van der Waals surface area contributed by atoms with Gasteiger partial charge in [0.15, 0.2) is 0 Å². The molecule has 5 rings (SSSR count). The van der Waals surface area contributed by atoms with Crippen molar-refractivity contribution >= 4 is 23.3 Å². The van der Waals surface area contributed by atoms with Crippen molar-refractivity contribution in [1.82, 2.24) is 5.32 Å². The average molecular weight is 413 g/mol. The van der Waals surface area contributed by atoms with Gasteiger partial charge in [0, 0.05) is 11.3 Å². The molecule has 6 heteroatoms. The summed E-state index contributed by atoms with van der Waals surface area (Å²) in [6.07, 6.45) is 2.69. The molecule has 1 aliphatic carbocycles. The number of hydrogen-bond acceptors (Lipinski definition) is 3. The summed E-state index contributed by atoms with van der Waals surface area (Å²) in [6.45, 7) is 0. The number of carbonyl (C=O) groups excluding carboxylic acids is 2. The smallest absolute Gasteiger partial charge is 0.329 e. The van der Waals surface area contributed by atoms with E-state index in [4.69, 9.17) is 0 Å². The maximum Gasteiger partial charge on any atom is 0.329 e. The van der Waals surface area contributed by atoms with Crippen LogP contribution < -0.4 is 15.5 Å². The highest BCUT2D eigenvalue weighted by atomic mass is 16.3. The van der Waals surface area contributed by atoms with Crippen LogP contribution in [0, 0.1) is 0 Å². The van der Waals surface area contributed by atoms with E-state index in [1.165, 1.54) is 5.56 Å². The molecule has 0 aromatic heterocycles. The van der Waals surface area contributed by atoms with Gasteiger partial charge in [-0.1, -0.05) is 60.7 Å². The lowest BCUT2D eigenvalue weighted by Gasteiger charge is -2.43. The summed E-state index contributed by atoms with van der Waals surface area (Å²) in [4.78, 5) is 27.9. The van der Waals surface area contributed by atoms with Crippen LogP contribution in [0.2, 0.25) is 0 Å². The molecule has 2 atom stereocenters. The summed E-state index contributed by atoms with van der Waals surface area (Å²) < 4.78 is 0. The predicted molar refractivity (Wildman–Crippen MR) is 119 cm³/mol. The standard InChI is InChI=1S/C25H23N3O3/c29-23(26-21-16-8-10-17-9-4-5-13-19(17)21)25(31)20-14-6-7-15-22(20)27-24(30)28(25)18-11-2-1-3-12-18/h1-7,9,11-15,21,31H,8,10,16H2,(H,26,29)(H,27,30)/t21-,25-/m1/s1. The normalized spacial score (nSPS) is 22.2. The Kier molecular flexibility index (Phi) is 4.71. The maximum absolute atomic E-state index is 13.7. The molecule has 0 unspecified atom stereocenters. The molecule has 0 bridgehead atoms. The molecule has 0 spiro atoms. The molecule has 3 aromatic rings. The number of nitrogens with zero attached hydrogens (tertiary/aromatic N) is 1. The Morgan fingerprint density at radius 1 is 1.00 bits per heavy atom. The summed E-state index contributed by atoms with van der Waals surface area (Å²) in [5.74, 6) is -0.625. The largest absolute Gasteiger partial charge is 0.359 e. The zero-order valence-corrected chi connectivity index (χ0v) is 16.9. The van der Waals surface area contributed by atoms with E-state index < -0.39 is 17.7 Å². The van der Waals surface area contributed by atoms with Gasteiger partial charge in [0.1, 0.15) is 0 Å². The zero-order chi connectivity index (χ0) is 21.4. The molecular formula is C25H23N3O3. The van der Waals surface area contributed by atoms with Crippen molar-refractivity contribution < 1.29 is 14.7 Å². The minimum Gasteiger partial charge on any atom is -0.359 e. The molecule has 0 fully saturated rings. The fourth-order valence-corrected chi connectivity index (χ4v) is 4.60. The Morgan fingerprint density at radius 2 is 1.71 bits per heavy atom. The first-order valence-corrected chi connectivity index (χ1v) is 10.5. The van der Waals surface area contributed by atoms with Gasteiger partial charge in [-0.25, -0.2) is 4.79 Å². The SMILES string of the molecule is O=C1Nc2ccccc2[C@@](O)(C(=O)N[C@@H]2CCCc3ccccc32)N1c1ccccc1. The van der Waals surface area contributed by atoms with Crippen LogP contribution in [-0.2, 0) is 16.9 Å². The van der Waals surface area contributed by atoms with Crippen molar-refractivity contribution in [2.75, 3.05) is 10.2 Å². The number of carbonyl (C=O) groups is 2. The van der Waals surface area contributed by atoms with E-state index in [0.717, 1.165) is 29.7 Å². The number of hydrogen-bond donors (Lipinski definition) is 3. The Bertz CT molecular complexity index is 1150. The Balaban J connectivity index is 1.59. The summed E-state index contributed by atoms with van der Waals surface area (Å²) in [7, 11) is 0. The van der Waals surface area contributed by atoms with Gasteiger partial charge in [-0.05, 0) is 48.6 Å². The lowest BCUT2D eigenvalue weighted by Crippen LogP contribution is -2.63. The molecule has 1 aliphatic heterocycles. The Hall–Kier alpha value is -3.64. The number of amides is 3. The Morgan fingerprint density at radius 3 is 2.55 bits per heavy atom. The molecule has 31 heavy (non-hydrogen) atoms. The molecule has 0 saturated heterocycles. The highest BCUT2D eigenvalue weighted by Crippen LogP contribution is 2.40. The van der Waals surface area contributed by atoms with E-state index in [-0.39, 0.29) is 6.04 Å². The van der Waals surface area contributed by atoms with Crippen LogP contribution in [0.15, 0.2) is 78.9 Å². The van der Waals surface area contributed by atoms with E-state index in [1.54, 1.807) is 48.5 Å². The molecule has 3 amide bonds. The highest BCUT2D eigenvalue weighted by molar-refractivity contribution is 6.11. The fourth-order valence-electron chi connectivity index (χ4n) is 4.60. The number of urea groups is 1. The van der Waals surface area contributed by atoms with Crippen LogP contribution in [0.25, 0.3) is 0 Å². The van der Waals surface area contributed by atoms with Crippen LogP contribution in [-0.4, -0.2) is 17.0 Å². The third-order valence-electron chi connectivity index (χ3n) is 6.08. The summed E-state index contributed by atoms with van der Waals surface area (Å²) >= 11 is 0. The van der Waals surface area contributed by atoms with Gasteiger partial charge in [-0.15, -0.1) is 0 Å². The molecule has 0 radical (unpaired) electrons. The van der Waals surface area contributed by atoms with E-state index in [9.17, 15) is 14.7 Å². The monoisotopic (exact) mass is 413 g/mol. The first kappa shape index (κ1) is 19.3. The molecule has 6 nitrogen and oxygen atoms in total. The van der Waals surface area contributed by atoms with Gasteiger partial charge in [-0.3, -0.25) is 9.69 Å². The Labute approximate surface area is 180 Å². The molecular weight excluding hydrogens is 390 g/mol. The third kappa shape index (κ3) is 3.16. The first-order chi connectivity index (χ1) is 15.1. The van der Waals surface area contributed by atoms with Crippen LogP contribution in [0.5, 0.6) is 0 Å². The molecule has 0 saturated carbocycles. The second kappa shape index (κ2) is 7.56. The average Bonchev–Trinajstić information content (AvgIpc) is 2.80. The van der Waals surface area contributed by atoms with Crippen LogP contribution in [0.4, 0.5) is 16.2 Å². The number of benzene rings is 3. The van der Waals surface area contributed by atoms with Gasteiger partial charge < -0.3 is 15.7 Å². The number of aliphatic hydroxyl groups is 1. The number of para-hydroxylation sites is 2. The number of nitrogens with one attached hydrogen (secondary N) is 2. The molecule has 3 aromatic carbocycles. The maximum atomic E-state index is 13.7. The van der Waals surface area contributed by atoms with E-state index in [1.807, 2.05) is 24.3 Å². The second-order valence-corrected chi connectivity index (χ2v) is 7.94. The van der Waals surface area contributed by atoms with E-state index in [2.05, 4.69) is 16.7 Å². The van der Waals surface area contributed by atoms with Gasteiger partial charge >= 0.3 is 6.03 Å². The number of rotatable bonds is 3. The van der Waals surface area contributed by atoms with Crippen molar-refractivity contribution in [2.45, 2.75) is 31.0 Å². The number of anilines is 2. The summed E-state index contributed by atoms with van der Waals surface area (Å²) in [5, 5.41) is 17.7. The summed E-state index contributed by atoms with van der Waals surface area (Å²) in [5.41, 5.74) is 1.25. The summed E-state index contributed by atoms with van der Waals surface area (Å²) in [6, 6.07) is 22.8. The first-order valence-electron chi connectivity index (χ1n) is 10.5. The van der Waals surface area contributed by atoms with Crippen molar-refractivity contribution in [3.8, 4) is 0 Å². The quantitative estimate of drug-likeness (QED) is 0.605. The predicted octanol–water partition coefficient (Wildman–Crippen LogP) is 4.08. The topological polar surface area (TPSA) is 81.7 Å². The fraction of sp³-hybridized carbons (Fsp3) is 0.200. The minimum atomic E-state index is -2.19. The lowest BCUT2D eigenvalue weighted by molar-refractivity contribution is -0.141. The lowest BCUT2D eigenvalue weighted by atomic mass is 9.87. The molecule has 3 N–H and O–H groups in total. The van der Waals surface area contributed by atoms with Crippen LogP contribution in [0.3, 0.4) is 0 Å². The molecule has 2 aliphatic rings. The second-order valence-electron chi connectivity index (χ2n) is 7.94. The minimum absolute atomic E-state index is 0.226. The molecule has 156 valence electrons. The van der Waals surface area contributed by atoms with E-state index in [0.29, 0.717) is 16.9 Å². The molecule has 1 heterocycles. The van der Waals surface area contributed by atoms with Crippen molar-refractivity contribution in [3.63, 3.8) is 0 Å². The van der Waals surface area contributed by atoms with Crippen LogP contribution >= 0.6 is 0 Å². The van der Waals surface area contributed by atoms with Gasteiger partial charge in [0.25, 0.3) is 11.6 Å². The van der Waals surface area contributed by atoms with Gasteiger partial charge in [0.05, 0.1) is 11.7 Å². The van der Waals surface area contributed by atoms with Crippen molar-refractivity contribution in [1.29, 1.82) is 0 Å². The number of fused-ring (bicyclic) bond motifs is 2. The van der Waals surface area contributed by atoms with Gasteiger partial charge in [-0.2, -0.15) is 0 Å². The van der Waals surface area contributed by atoms with E-state index >= 15 is 0 Å². The third-order valence-corrected chi connectivity index (χ3v) is 6.08. The zero-order valence-electron chi connectivity index (χ0n) is 16.9. The van der Waals surface area contributed by atoms with Crippen LogP contribution in [0.1, 0.15) is 35.6 Å². The number of aryl methyl sites for hydroxylation is 1. The van der Waals surface area contributed by atoms with Gasteiger partial charge in [0.2, 0.25) is 0 Å². The van der Waals surface area contributed by atoms with Crippen molar-refractivity contribution in [3.05, 3.63) is 95.6 Å².